The van der Waals surface area contributed by atoms with Crippen LogP contribution in [-0.2, 0) is 20.7 Å². The lowest BCUT2D eigenvalue weighted by Gasteiger charge is -2.50. The second-order valence-electron chi connectivity index (χ2n) is 12.3. The molecule has 0 aromatic heterocycles. The molecule has 2 aromatic carbocycles. The number of hydrogen-bond donors (Lipinski definition) is 4. The summed E-state index contributed by atoms with van der Waals surface area (Å²) in [6.45, 7) is 1.79. The third-order valence-electron chi connectivity index (χ3n) is 10.1. The molecule has 11 heteroatoms. The van der Waals surface area contributed by atoms with Gasteiger partial charge in [0.15, 0.2) is 17.9 Å². The van der Waals surface area contributed by atoms with Gasteiger partial charge in [-0.1, -0.05) is 35.0 Å². The summed E-state index contributed by atoms with van der Waals surface area (Å²) in [6, 6.07) is 4.79. The third-order valence-corrected chi connectivity index (χ3v) is 10.6. The zero-order chi connectivity index (χ0) is 29.9. The van der Waals surface area contributed by atoms with Gasteiger partial charge in [-0.25, -0.2) is 0 Å². The van der Waals surface area contributed by atoms with Crippen LogP contribution >= 0.6 is 15.9 Å². The van der Waals surface area contributed by atoms with E-state index in [1.165, 1.54) is 7.11 Å². The highest BCUT2D eigenvalue weighted by molar-refractivity contribution is 9.09. The van der Waals surface area contributed by atoms with Crippen molar-refractivity contribution in [2.45, 2.75) is 74.8 Å². The fourth-order valence-corrected chi connectivity index (χ4v) is 8.15. The first-order valence-electron chi connectivity index (χ1n) is 14.2. The number of carbonyl (C=O) groups is 3. The molecule has 7 rings (SSSR count). The second-order valence-corrected chi connectivity index (χ2v) is 12.9. The van der Waals surface area contributed by atoms with E-state index in [0.29, 0.717) is 11.1 Å². The van der Waals surface area contributed by atoms with Crippen LogP contribution in [0.5, 0.6) is 11.5 Å². The molecule has 4 aliphatic carbocycles. The van der Waals surface area contributed by atoms with Gasteiger partial charge in [0, 0.05) is 47.8 Å². The minimum atomic E-state index is -1.86. The fourth-order valence-electron chi connectivity index (χ4n) is 7.62. The summed E-state index contributed by atoms with van der Waals surface area (Å²) in [4.78, 5) is 41.2. The number of phenolic OH excluding ortho intramolecular Hbond substituents is 1. The quantitative estimate of drug-likeness (QED) is 0.294. The zero-order valence-corrected chi connectivity index (χ0v) is 24.8. The molecule has 42 heavy (non-hydrogen) atoms. The number of halogens is 1. The van der Waals surface area contributed by atoms with Crippen molar-refractivity contribution >= 4 is 33.3 Å². The number of aliphatic hydroxyl groups excluding tert-OH is 1. The van der Waals surface area contributed by atoms with Gasteiger partial charge >= 0.3 is 0 Å². The molecule has 0 amide bonds. The van der Waals surface area contributed by atoms with E-state index in [1.54, 1.807) is 25.1 Å². The smallest absolute Gasteiger partial charge is 0.201 e. The highest BCUT2D eigenvalue weighted by Crippen LogP contribution is 2.57. The predicted molar refractivity (Wildman–Crippen MR) is 151 cm³/mol. The zero-order valence-electron chi connectivity index (χ0n) is 23.2. The van der Waals surface area contributed by atoms with Crippen molar-refractivity contribution < 1.29 is 43.9 Å². The number of ketones is 3. The Balaban J connectivity index is 1.41. The first-order chi connectivity index (χ1) is 19.9. The maximum atomic E-state index is 14.1. The molecular weight excluding hydrogens is 610 g/mol. The lowest BCUT2D eigenvalue weighted by atomic mass is 9.65. The normalized spacial score (nSPS) is 34.7. The molecule has 5 unspecified atom stereocenters. The first-order valence-corrected chi connectivity index (χ1v) is 15.4. The molecule has 1 aliphatic heterocycles. The average molecular weight is 642 g/mol. The number of fused-ring (bicyclic) bond motifs is 4. The summed E-state index contributed by atoms with van der Waals surface area (Å²) in [7, 11) is 1.41. The van der Waals surface area contributed by atoms with E-state index >= 15 is 0 Å². The van der Waals surface area contributed by atoms with Gasteiger partial charge in [-0.05, 0) is 36.0 Å². The Morgan fingerprint density at radius 2 is 1.90 bits per heavy atom. The molecule has 1 heterocycles. The Kier molecular flexibility index (Phi) is 6.30. The molecule has 0 radical (unpaired) electrons. The van der Waals surface area contributed by atoms with Gasteiger partial charge in [0.2, 0.25) is 5.78 Å². The highest BCUT2D eigenvalue weighted by Gasteiger charge is 2.64. The summed E-state index contributed by atoms with van der Waals surface area (Å²) in [5.74, 6) is -2.36. The van der Waals surface area contributed by atoms with E-state index in [4.69, 9.17) is 19.9 Å². The topological polar surface area (TPSA) is 166 Å². The van der Waals surface area contributed by atoms with E-state index in [-0.39, 0.29) is 75.9 Å². The molecule has 0 bridgehead atoms. The van der Waals surface area contributed by atoms with Crippen molar-refractivity contribution in [2.24, 2.45) is 17.6 Å². The van der Waals surface area contributed by atoms with Crippen LogP contribution in [0.2, 0.25) is 0 Å². The van der Waals surface area contributed by atoms with Crippen molar-refractivity contribution in [2.75, 3.05) is 12.4 Å². The van der Waals surface area contributed by atoms with Crippen molar-refractivity contribution in [3.63, 3.8) is 0 Å². The van der Waals surface area contributed by atoms with E-state index in [9.17, 15) is 29.7 Å². The van der Waals surface area contributed by atoms with Crippen LogP contribution < -0.4 is 10.5 Å². The predicted octanol–water partition coefficient (Wildman–Crippen LogP) is 2.78. The minimum Gasteiger partial charge on any atom is -0.507 e. The molecule has 3 fully saturated rings. The number of nitrogens with two attached hydrogens (primary N) is 1. The van der Waals surface area contributed by atoms with Gasteiger partial charge in [0.25, 0.3) is 0 Å². The Morgan fingerprint density at radius 3 is 2.55 bits per heavy atom. The van der Waals surface area contributed by atoms with Crippen LogP contribution in [0.25, 0.3) is 0 Å². The number of Topliss-reactive ketones (excluding diaryl/α,β-unsaturated/α-hetero) is 1. The lowest BCUT2D eigenvalue weighted by molar-refractivity contribution is -0.255. The lowest BCUT2D eigenvalue weighted by Crippen LogP contribution is -2.68. The van der Waals surface area contributed by atoms with E-state index in [2.05, 4.69) is 15.9 Å². The Labute approximate surface area is 250 Å². The number of alkyl halides is 1. The van der Waals surface area contributed by atoms with Gasteiger partial charge in [-0.15, -0.1) is 0 Å². The number of hydrogen-bond acceptors (Lipinski definition) is 10. The Hall–Kier alpha value is -2.67. The summed E-state index contributed by atoms with van der Waals surface area (Å²) in [5.41, 5.74) is 5.05. The SMILES string of the molecule is COc1cccc2c1C(=O)c1c(O)c3c(c(C4CC4)c1C2=O)C[C@@](O)(C(=O)CBr)C[C@@H]3OC1CC2C(O)C(C)C2(N)O1. The number of benzene rings is 2. The number of carbonyl (C=O) groups excluding carboxylic acids is 3. The molecular formula is C31H32BrNO9. The molecule has 1 saturated heterocycles. The van der Waals surface area contributed by atoms with Gasteiger partial charge in [-0.3, -0.25) is 14.4 Å². The van der Waals surface area contributed by atoms with Gasteiger partial charge in [0.1, 0.15) is 22.8 Å². The van der Waals surface area contributed by atoms with Gasteiger partial charge in [0.05, 0.1) is 35.8 Å². The van der Waals surface area contributed by atoms with Gasteiger partial charge in [-0.2, -0.15) is 0 Å². The summed E-state index contributed by atoms with van der Waals surface area (Å²) in [6.07, 6.45) is -1.17. The number of aromatic hydroxyl groups is 1. The van der Waals surface area contributed by atoms with Crippen molar-refractivity contribution in [3.05, 3.63) is 57.1 Å². The van der Waals surface area contributed by atoms with Crippen molar-refractivity contribution in [1.29, 1.82) is 0 Å². The number of ether oxygens (including phenoxy) is 3. The molecule has 2 aromatic rings. The molecule has 0 spiro atoms. The number of rotatable bonds is 6. The standard InChI is InChI=1S/C31H32BrNO9/c1-12-26(35)16-8-20(42-31(12,16)33)41-18-10-30(39,19(34)11-32)9-15-21(13-6-7-13)24-25(29(38)23(15)18)28(37)22-14(27(24)36)4-3-5-17(22)40-2/h3-5,12-13,16,18,20,26,35,38-39H,6-11,33H2,1-2H3/t12?,16?,18-,20?,26?,30-,31?/m0/s1. The van der Waals surface area contributed by atoms with Crippen LogP contribution in [0, 0.1) is 11.8 Å². The van der Waals surface area contributed by atoms with Crippen LogP contribution in [0.4, 0.5) is 0 Å². The Bertz CT molecular complexity index is 1570. The number of methoxy groups -OCH3 is 1. The summed E-state index contributed by atoms with van der Waals surface area (Å²) in [5, 5.41) is 33.9. The maximum Gasteiger partial charge on any atom is 0.201 e. The minimum absolute atomic E-state index is 0.0810. The molecule has 10 nitrogen and oxygen atoms in total. The van der Waals surface area contributed by atoms with E-state index in [1.807, 2.05) is 0 Å². The monoisotopic (exact) mass is 641 g/mol. The Morgan fingerprint density at radius 1 is 1.17 bits per heavy atom. The van der Waals surface area contributed by atoms with Crippen LogP contribution in [0.3, 0.4) is 0 Å². The van der Waals surface area contributed by atoms with Crippen LogP contribution in [0.1, 0.15) is 93.2 Å². The fraction of sp³-hybridized carbons (Fsp3) is 0.516. The van der Waals surface area contributed by atoms with Crippen LogP contribution in [0.15, 0.2) is 18.2 Å². The van der Waals surface area contributed by atoms with Crippen molar-refractivity contribution in [1.82, 2.24) is 0 Å². The third kappa shape index (κ3) is 3.70. The average Bonchev–Trinajstić information content (AvgIpc) is 3.77. The molecule has 5 N–H and O–H groups in total. The van der Waals surface area contributed by atoms with E-state index < -0.39 is 52.9 Å². The maximum absolute atomic E-state index is 14.1. The molecule has 7 atom stereocenters. The first kappa shape index (κ1) is 28.1. The van der Waals surface area contributed by atoms with Crippen molar-refractivity contribution in [3.8, 4) is 11.5 Å². The number of aliphatic hydroxyl groups is 2. The van der Waals surface area contributed by atoms with Crippen LogP contribution in [-0.4, -0.2) is 68.8 Å². The molecule has 2 saturated carbocycles. The summed E-state index contributed by atoms with van der Waals surface area (Å²) < 4.78 is 17.9. The van der Waals surface area contributed by atoms with Gasteiger partial charge < -0.3 is 35.3 Å². The highest BCUT2D eigenvalue weighted by atomic mass is 79.9. The number of phenols is 1. The molecule has 5 aliphatic rings. The largest absolute Gasteiger partial charge is 0.507 e. The molecule has 222 valence electrons. The van der Waals surface area contributed by atoms with E-state index in [0.717, 1.165) is 12.8 Å². The second kappa shape index (κ2) is 9.41. The summed E-state index contributed by atoms with van der Waals surface area (Å²) >= 11 is 3.18.